The molecule has 1 saturated heterocycles. The predicted molar refractivity (Wildman–Crippen MR) is 72.1 cm³/mol. The SMILES string of the molecule is O=C(NC12CCC(CO)(C1)OC2)OCc1ccccc1. The molecule has 1 aliphatic heterocycles. The molecule has 1 aromatic rings. The van der Waals surface area contributed by atoms with Gasteiger partial charge in [0.15, 0.2) is 0 Å². The smallest absolute Gasteiger partial charge is 0.407 e. The van der Waals surface area contributed by atoms with Crippen molar-refractivity contribution in [2.75, 3.05) is 13.2 Å². The number of aliphatic hydroxyl groups excluding tert-OH is 1. The van der Waals surface area contributed by atoms with Gasteiger partial charge in [-0.05, 0) is 18.4 Å². The van der Waals surface area contributed by atoms with Gasteiger partial charge in [-0.25, -0.2) is 4.79 Å². The third-order valence-corrected chi connectivity index (χ3v) is 4.24. The molecule has 1 aliphatic carbocycles. The Balaban J connectivity index is 1.53. The summed E-state index contributed by atoms with van der Waals surface area (Å²) in [5, 5.41) is 12.3. The minimum atomic E-state index is -0.452. The van der Waals surface area contributed by atoms with E-state index in [0.717, 1.165) is 18.4 Å². The lowest BCUT2D eigenvalue weighted by molar-refractivity contribution is -0.0561. The first kappa shape index (κ1) is 13.4. The van der Waals surface area contributed by atoms with E-state index >= 15 is 0 Å². The van der Waals surface area contributed by atoms with Crippen LogP contribution in [0, 0.1) is 0 Å². The molecule has 108 valence electrons. The van der Waals surface area contributed by atoms with E-state index in [0.29, 0.717) is 13.0 Å². The molecule has 2 bridgehead atoms. The van der Waals surface area contributed by atoms with Crippen molar-refractivity contribution in [2.45, 2.75) is 37.0 Å². The van der Waals surface area contributed by atoms with Gasteiger partial charge >= 0.3 is 6.09 Å². The molecule has 3 rings (SSSR count). The Morgan fingerprint density at radius 3 is 2.75 bits per heavy atom. The zero-order valence-corrected chi connectivity index (χ0v) is 11.3. The van der Waals surface area contributed by atoms with Crippen LogP contribution >= 0.6 is 0 Å². The van der Waals surface area contributed by atoms with Crippen LogP contribution in [0.3, 0.4) is 0 Å². The number of rotatable bonds is 4. The van der Waals surface area contributed by atoms with Crippen molar-refractivity contribution >= 4 is 6.09 Å². The summed E-state index contributed by atoms with van der Waals surface area (Å²) in [7, 11) is 0. The summed E-state index contributed by atoms with van der Waals surface area (Å²) in [6.07, 6.45) is 1.85. The second-order valence-electron chi connectivity index (χ2n) is 5.77. The third-order valence-electron chi connectivity index (χ3n) is 4.24. The number of aliphatic hydroxyl groups is 1. The van der Waals surface area contributed by atoms with Gasteiger partial charge in [0, 0.05) is 6.42 Å². The van der Waals surface area contributed by atoms with Crippen LogP contribution in [0.25, 0.3) is 0 Å². The topological polar surface area (TPSA) is 67.8 Å². The summed E-state index contributed by atoms with van der Waals surface area (Å²) in [6, 6.07) is 9.57. The molecule has 5 nitrogen and oxygen atoms in total. The highest BCUT2D eigenvalue weighted by molar-refractivity contribution is 5.68. The molecule has 1 aromatic carbocycles. The lowest BCUT2D eigenvalue weighted by Crippen LogP contribution is -2.48. The number of nitrogens with one attached hydrogen (secondary N) is 1. The van der Waals surface area contributed by atoms with Gasteiger partial charge in [-0.2, -0.15) is 0 Å². The lowest BCUT2D eigenvalue weighted by atomic mass is 9.99. The summed E-state index contributed by atoms with van der Waals surface area (Å²) >= 11 is 0. The van der Waals surface area contributed by atoms with Crippen LogP contribution in [0.15, 0.2) is 30.3 Å². The van der Waals surface area contributed by atoms with Crippen LogP contribution in [0.2, 0.25) is 0 Å². The average molecular weight is 277 g/mol. The fraction of sp³-hybridized carbons (Fsp3) is 0.533. The molecule has 20 heavy (non-hydrogen) atoms. The zero-order chi connectivity index (χ0) is 14.1. The van der Waals surface area contributed by atoms with E-state index in [4.69, 9.17) is 9.47 Å². The van der Waals surface area contributed by atoms with Crippen LogP contribution in [0.4, 0.5) is 4.79 Å². The van der Waals surface area contributed by atoms with Gasteiger partial charge in [-0.3, -0.25) is 0 Å². The van der Waals surface area contributed by atoms with Crippen LogP contribution < -0.4 is 5.32 Å². The molecule has 0 spiro atoms. The van der Waals surface area contributed by atoms with Gasteiger partial charge in [-0.1, -0.05) is 30.3 Å². The number of amides is 1. The molecule has 1 heterocycles. The molecule has 1 amide bonds. The van der Waals surface area contributed by atoms with Crippen molar-refractivity contribution in [1.82, 2.24) is 5.32 Å². The van der Waals surface area contributed by atoms with Crippen molar-refractivity contribution in [3.05, 3.63) is 35.9 Å². The van der Waals surface area contributed by atoms with Gasteiger partial charge in [0.05, 0.1) is 24.4 Å². The van der Waals surface area contributed by atoms with Gasteiger partial charge in [0.1, 0.15) is 6.61 Å². The highest BCUT2D eigenvalue weighted by Crippen LogP contribution is 2.46. The Hall–Kier alpha value is -1.59. The summed E-state index contributed by atoms with van der Waals surface area (Å²) < 4.78 is 10.9. The predicted octanol–water partition coefficient (Wildman–Crippen LogP) is 1.60. The Labute approximate surface area is 117 Å². The monoisotopic (exact) mass is 277 g/mol. The van der Waals surface area contributed by atoms with E-state index in [1.54, 1.807) is 0 Å². The minimum absolute atomic E-state index is 0.00942. The fourth-order valence-corrected chi connectivity index (χ4v) is 3.10. The van der Waals surface area contributed by atoms with E-state index in [9.17, 15) is 9.90 Å². The first-order chi connectivity index (χ1) is 9.65. The highest BCUT2D eigenvalue weighted by Gasteiger charge is 2.56. The van der Waals surface area contributed by atoms with Gasteiger partial charge < -0.3 is 19.9 Å². The average Bonchev–Trinajstić information content (AvgIpc) is 3.02. The van der Waals surface area contributed by atoms with Gasteiger partial charge in [0.25, 0.3) is 0 Å². The van der Waals surface area contributed by atoms with Crippen LogP contribution in [0.1, 0.15) is 24.8 Å². The maximum atomic E-state index is 11.9. The van der Waals surface area contributed by atoms with Crippen LogP contribution in [0.5, 0.6) is 0 Å². The standard InChI is InChI=1S/C15H19NO4/c17-10-15-7-6-14(9-15,11-20-15)16-13(18)19-8-12-4-2-1-3-5-12/h1-5,17H,6-11H2,(H,16,18). The molecule has 0 aromatic heterocycles. The maximum Gasteiger partial charge on any atom is 0.407 e. The zero-order valence-electron chi connectivity index (χ0n) is 11.3. The quantitative estimate of drug-likeness (QED) is 0.877. The third kappa shape index (κ3) is 2.51. The molecule has 2 unspecified atom stereocenters. The van der Waals surface area contributed by atoms with Crippen molar-refractivity contribution < 1.29 is 19.4 Å². The molecular formula is C15H19NO4. The van der Waals surface area contributed by atoms with Gasteiger partial charge in [-0.15, -0.1) is 0 Å². The number of fused-ring (bicyclic) bond motifs is 2. The number of carbonyl (C=O) groups is 1. The molecule has 2 aliphatic rings. The first-order valence-electron chi connectivity index (χ1n) is 6.89. The molecule has 5 heteroatoms. The molecule has 0 radical (unpaired) electrons. The van der Waals surface area contributed by atoms with E-state index in [-0.39, 0.29) is 18.8 Å². The Kier molecular flexibility index (Phi) is 3.40. The number of hydrogen-bond donors (Lipinski definition) is 2. The van der Waals surface area contributed by atoms with E-state index < -0.39 is 11.7 Å². The molecule has 2 fully saturated rings. The van der Waals surface area contributed by atoms with Gasteiger partial charge in [0.2, 0.25) is 0 Å². The largest absolute Gasteiger partial charge is 0.445 e. The van der Waals surface area contributed by atoms with E-state index in [1.807, 2.05) is 30.3 Å². The number of benzene rings is 1. The second kappa shape index (κ2) is 5.07. The summed E-state index contributed by atoms with van der Waals surface area (Å²) in [6.45, 7) is 0.720. The number of alkyl carbamates (subject to hydrolysis) is 1. The normalized spacial score (nSPS) is 31.2. The Bertz CT molecular complexity index is 480. The molecule has 2 N–H and O–H groups in total. The van der Waals surface area contributed by atoms with Crippen molar-refractivity contribution in [2.24, 2.45) is 0 Å². The van der Waals surface area contributed by atoms with Crippen molar-refractivity contribution in [3.63, 3.8) is 0 Å². The van der Waals surface area contributed by atoms with Crippen molar-refractivity contribution in [3.8, 4) is 0 Å². The second-order valence-corrected chi connectivity index (χ2v) is 5.77. The first-order valence-corrected chi connectivity index (χ1v) is 6.89. The number of ether oxygens (including phenoxy) is 2. The van der Waals surface area contributed by atoms with E-state index in [1.165, 1.54) is 0 Å². The molecule has 2 atom stereocenters. The van der Waals surface area contributed by atoms with Crippen LogP contribution in [-0.4, -0.2) is 35.6 Å². The van der Waals surface area contributed by atoms with Crippen LogP contribution in [-0.2, 0) is 16.1 Å². The maximum absolute atomic E-state index is 11.9. The summed E-state index contributed by atoms with van der Waals surface area (Å²) in [5.74, 6) is 0. The number of hydrogen-bond acceptors (Lipinski definition) is 4. The lowest BCUT2D eigenvalue weighted by Gasteiger charge is -2.27. The van der Waals surface area contributed by atoms with Crippen molar-refractivity contribution in [1.29, 1.82) is 0 Å². The highest BCUT2D eigenvalue weighted by atomic mass is 16.6. The molecule has 1 saturated carbocycles. The van der Waals surface area contributed by atoms with E-state index in [2.05, 4.69) is 5.32 Å². The fourth-order valence-electron chi connectivity index (χ4n) is 3.10. The Morgan fingerprint density at radius 1 is 1.35 bits per heavy atom. The number of carbonyl (C=O) groups excluding carboxylic acids is 1. The minimum Gasteiger partial charge on any atom is -0.445 e. The Morgan fingerprint density at radius 2 is 2.15 bits per heavy atom. The summed E-state index contributed by atoms with van der Waals surface area (Å²) in [5.41, 5.74) is 0.141. The summed E-state index contributed by atoms with van der Waals surface area (Å²) in [4.78, 5) is 11.9. The molecular weight excluding hydrogens is 258 g/mol.